The summed E-state index contributed by atoms with van der Waals surface area (Å²) in [7, 11) is 0. The van der Waals surface area contributed by atoms with E-state index in [4.69, 9.17) is 4.98 Å². The van der Waals surface area contributed by atoms with Crippen molar-refractivity contribution in [3.63, 3.8) is 0 Å². The first-order valence-corrected chi connectivity index (χ1v) is 11.0. The predicted molar refractivity (Wildman–Crippen MR) is 122 cm³/mol. The second kappa shape index (κ2) is 6.42. The number of hydrogen-bond donors (Lipinski definition) is 2. The molecular formula is C24H26N4S. The van der Waals surface area contributed by atoms with Gasteiger partial charge in [0.25, 0.3) is 0 Å². The summed E-state index contributed by atoms with van der Waals surface area (Å²) >= 11 is 1.64. The third kappa shape index (κ3) is 3.23. The van der Waals surface area contributed by atoms with Gasteiger partial charge < -0.3 is 5.32 Å². The fourth-order valence-electron chi connectivity index (χ4n) is 4.36. The Morgan fingerprint density at radius 1 is 0.966 bits per heavy atom. The number of H-pyrrole nitrogens is 1. The Morgan fingerprint density at radius 3 is 2.59 bits per heavy atom. The molecule has 1 aliphatic carbocycles. The lowest BCUT2D eigenvalue weighted by Gasteiger charge is -2.42. The highest BCUT2D eigenvalue weighted by atomic mass is 32.1. The van der Waals surface area contributed by atoms with Gasteiger partial charge in [-0.2, -0.15) is 5.10 Å². The van der Waals surface area contributed by atoms with Crippen LogP contribution in [0.1, 0.15) is 51.7 Å². The maximum atomic E-state index is 4.86. The van der Waals surface area contributed by atoms with Crippen molar-refractivity contribution in [3.05, 3.63) is 59.1 Å². The van der Waals surface area contributed by atoms with Crippen LogP contribution in [-0.2, 0) is 10.8 Å². The molecule has 0 saturated heterocycles. The molecule has 2 aromatic carbocycles. The Balaban J connectivity index is 1.46. The van der Waals surface area contributed by atoms with Crippen molar-refractivity contribution in [2.75, 3.05) is 5.32 Å². The number of aromatic nitrogens is 3. The molecule has 0 radical (unpaired) electrons. The summed E-state index contributed by atoms with van der Waals surface area (Å²) in [5, 5.41) is 14.6. The molecule has 0 unspecified atom stereocenters. The largest absolute Gasteiger partial charge is 0.332 e. The van der Waals surface area contributed by atoms with Crippen LogP contribution in [0.15, 0.2) is 48.0 Å². The fraction of sp³-hybridized carbons (Fsp3) is 0.333. The third-order valence-electron chi connectivity index (χ3n) is 6.34. The molecule has 0 aliphatic heterocycles. The minimum Gasteiger partial charge on any atom is -0.332 e. The summed E-state index contributed by atoms with van der Waals surface area (Å²) in [5.74, 6) is 0. The standard InChI is InChI=1S/C24H26N4S/c1-23(2)9-10-24(3,4)19-12-15(5-7-18(19)23)21-14-29-22(27-21)26-17-6-8-20-16(11-17)13-25-28-20/h5-8,11-14H,9-10H2,1-4H3,(H,25,28)(H,26,27). The molecule has 29 heavy (non-hydrogen) atoms. The van der Waals surface area contributed by atoms with Gasteiger partial charge in [0.2, 0.25) is 0 Å². The first-order valence-electron chi connectivity index (χ1n) is 10.1. The Morgan fingerprint density at radius 2 is 1.76 bits per heavy atom. The highest BCUT2D eigenvalue weighted by Gasteiger charge is 2.37. The maximum Gasteiger partial charge on any atom is 0.187 e. The van der Waals surface area contributed by atoms with Crippen LogP contribution in [0.4, 0.5) is 10.8 Å². The van der Waals surface area contributed by atoms with E-state index in [1.165, 1.54) is 29.5 Å². The lowest BCUT2D eigenvalue weighted by Crippen LogP contribution is -2.33. The number of nitrogens with one attached hydrogen (secondary N) is 2. The molecule has 1 aliphatic rings. The maximum absolute atomic E-state index is 4.86. The molecular weight excluding hydrogens is 376 g/mol. The van der Waals surface area contributed by atoms with Gasteiger partial charge in [0.1, 0.15) is 0 Å². The van der Waals surface area contributed by atoms with Crippen molar-refractivity contribution in [2.45, 2.75) is 51.4 Å². The van der Waals surface area contributed by atoms with E-state index in [-0.39, 0.29) is 10.8 Å². The number of nitrogens with zero attached hydrogens (tertiary/aromatic N) is 2. The van der Waals surface area contributed by atoms with Crippen molar-refractivity contribution in [2.24, 2.45) is 0 Å². The van der Waals surface area contributed by atoms with Crippen LogP contribution in [0.3, 0.4) is 0 Å². The van der Waals surface area contributed by atoms with Gasteiger partial charge in [0, 0.05) is 22.0 Å². The molecule has 0 amide bonds. The molecule has 148 valence electrons. The topological polar surface area (TPSA) is 53.6 Å². The van der Waals surface area contributed by atoms with E-state index in [9.17, 15) is 0 Å². The molecule has 2 aromatic heterocycles. The Kier molecular flexibility index (Phi) is 4.07. The van der Waals surface area contributed by atoms with Crippen LogP contribution in [-0.4, -0.2) is 15.2 Å². The number of benzene rings is 2. The smallest absolute Gasteiger partial charge is 0.187 e. The molecule has 2 N–H and O–H groups in total. The van der Waals surface area contributed by atoms with Gasteiger partial charge >= 0.3 is 0 Å². The van der Waals surface area contributed by atoms with Gasteiger partial charge in [-0.05, 0) is 59.1 Å². The van der Waals surface area contributed by atoms with Gasteiger partial charge in [-0.3, -0.25) is 5.10 Å². The zero-order valence-corrected chi connectivity index (χ0v) is 18.2. The molecule has 5 rings (SSSR count). The van der Waals surface area contributed by atoms with E-state index < -0.39 is 0 Å². The molecule has 4 nitrogen and oxygen atoms in total. The molecule has 0 bridgehead atoms. The summed E-state index contributed by atoms with van der Waals surface area (Å²) in [4.78, 5) is 4.86. The summed E-state index contributed by atoms with van der Waals surface area (Å²) < 4.78 is 0. The Labute approximate surface area is 175 Å². The summed E-state index contributed by atoms with van der Waals surface area (Å²) in [5.41, 5.74) is 7.69. The Bertz CT molecular complexity index is 1200. The van der Waals surface area contributed by atoms with Crippen LogP contribution in [0, 0.1) is 0 Å². The van der Waals surface area contributed by atoms with Gasteiger partial charge in [0.05, 0.1) is 17.4 Å². The van der Waals surface area contributed by atoms with E-state index in [1.807, 2.05) is 18.3 Å². The Hall–Kier alpha value is -2.66. The molecule has 0 fully saturated rings. The number of hydrogen-bond acceptors (Lipinski definition) is 4. The van der Waals surface area contributed by atoms with Crippen molar-refractivity contribution >= 4 is 33.1 Å². The summed E-state index contributed by atoms with van der Waals surface area (Å²) in [6, 6.07) is 13.1. The van der Waals surface area contributed by atoms with Crippen molar-refractivity contribution in [1.29, 1.82) is 0 Å². The molecule has 0 atom stereocenters. The van der Waals surface area contributed by atoms with Crippen molar-refractivity contribution < 1.29 is 0 Å². The van der Waals surface area contributed by atoms with Gasteiger partial charge in [-0.1, -0.05) is 39.8 Å². The van der Waals surface area contributed by atoms with Crippen molar-refractivity contribution in [1.82, 2.24) is 15.2 Å². The van der Waals surface area contributed by atoms with Crippen molar-refractivity contribution in [3.8, 4) is 11.3 Å². The van der Waals surface area contributed by atoms with E-state index in [1.54, 1.807) is 11.3 Å². The monoisotopic (exact) mass is 402 g/mol. The fourth-order valence-corrected chi connectivity index (χ4v) is 5.10. The van der Waals surface area contributed by atoms with E-state index in [0.29, 0.717) is 0 Å². The number of thiazole rings is 1. The highest BCUT2D eigenvalue weighted by molar-refractivity contribution is 7.14. The lowest BCUT2D eigenvalue weighted by atomic mass is 9.63. The zero-order chi connectivity index (χ0) is 20.2. The number of fused-ring (bicyclic) bond motifs is 2. The summed E-state index contributed by atoms with van der Waals surface area (Å²) in [6.45, 7) is 9.46. The van der Waals surface area contributed by atoms with Gasteiger partial charge in [0.15, 0.2) is 5.13 Å². The first-order chi connectivity index (χ1) is 13.8. The van der Waals surface area contributed by atoms with E-state index in [0.717, 1.165) is 27.4 Å². The molecule has 2 heterocycles. The molecule has 0 spiro atoms. The van der Waals surface area contributed by atoms with Crippen LogP contribution in [0.5, 0.6) is 0 Å². The van der Waals surface area contributed by atoms with Crippen LogP contribution < -0.4 is 5.32 Å². The first kappa shape index (κ1) is 18.4. The normalized spacial score (nSPS) is 17.2. The molecule has 4 aromatic rings. The van der Waals surface area contributed by atoms with Crippen LogP contribution in [0.2, 0.25) is 0 Å². The second-order valence-corrected chi connectivity index (χ2v) is 10.2. The minimum atomic E-state index is 0.206. The molecule has 0 saturated carbocycles. The number of rotatable bonds is 3. The van der Waals surface area contributed by atoms with E-state index in [2.05, 4.69) is 72.9 Å². The van der Waals surface area contributed by atoms with Gasteiger partial charge in [-0.25, -0.2) is 4.98 Å². The minimum absolute atomic E-state index is 0.206. The third-order valence-corrected chi connectivity index (χ3v) is 7.10. The van der Waals surface area contributed by atoms with Crippen LogP contribution >= 0.6 is 11.3 Å². The quantitative estimate of drug-likeness (QED) is 0.397. The number of anilines is 2. The number of aromatic amines is 1. The zero-order valence-electron chi connectivity index (χ0n) is 17.3. The SMILES string of the molecule is CC1(C)CCC(C)(C)c2cc(-c3csc(Nc4ccc5[nH]ncc5c4)n3)ccc21. The molecule has 5 heteroatoms. The van der Waals surface area contributed by atoms with E-state index >= 15 is 0 Å². The van der Waals surface area contributed by atoms with Gasteiger partial charge in [-0.15, -0.1) is 11.3 Å². The van der Waals surface area contributed by atoms with Crippen LogP contribution in [0.25, 0.3) is 22.2 Å². The predicted octanol–water partition coefficient (Wildman–Crippen LogP) is 6.78. The highest BCUT2D eigenvalue weighted by Crippen LogP contribution is 2.46. The second-order valence-electron chi connectivity index (χ2n) is 9.36. The average molecular weight is 403 g/mol. The summed E-state index contributed by atoms with van der Waals surface area (Å²) in [6.07, 6.45) is 4.29. The lowest BCUT2D eigenvalue weighted by molar-refractivity contribution is 0.332. The average Bonchev–Trinajstić information content (AvgIpc) is 3.34.